The summed E-state index contributed by atoms with van der Waals surface area (Å²) in [5, 5.41) is 10.1. The molecule has 2 rings (SSSR count). The van der Waals surface area contributed by atoms with Gasteiger partial charge in [-0.25, -0.2) is 0 Å². The van der Waals surface area contributed by atoms with Gasteiger partial charge in [0.05, 0.1) is 0 Å². The normalized spacial score (nSPS) is 21.1. The lowest BCUT2D eigenvalue weighted by Gasteiger charge is -2.36. The lowest BCUT2D eigenvalue weighted by molar-refractivity contribution is -0.274. The maximum Gasteiger partial charge on any atom is 0.422 e. The number of alkyl halides is 3. The van der Waals surface area contributed by atoms with E-state index in [9.17, 15) is 18.3 Å². The monoisotopic (exact) mass is 287 g/mol. The molecule has 1 aromatic rings. The third-order valence-electron chi connectivity index (χ3n) is 4.34. The van der Waals surface area contributed by atoms with Crippen molar-refractivity contribution in [3.05, 3.63) is 35.4 Å². The molecule has 0 spiro atoms. The lowest BCUT2D eigenvalue weighted by atomic mass is 9.78. The van der Waals surface area contributed by atoms with Gasteiger partial charge in [-0.2, -0.15) is 13.2 Å². The number of benzene rings is 1. The van der Waals surface area contributed by atoms with Crippen molar-refractivity contribution in [3.8, 4) is 0 Å². The minimum absolute atomic E-state index is 0.0421. The van der Waals surface area contributed by atoms with Gasteiger partial charge < -0.3 is 10.8 Å². The second-order valence-electron chi connectivity index (χ2n) is 5.53. The van der Waals surface area contributed by atoms with Crippen LogP contribution in [0.4, 0.5) is 13.2 Å². The summed E-state index contributed by atoms with van der Waals surface area (Å²) in [5.41, 5.74) is 3.41. The van der Waals surface area contributed by atoms with Crippen LogP contribution in [0.2, 0.25) is 0 Å². The van der Waals surface area contributed by atoms with Crippen LogP contribution in [-0.4, -0.2) is 17.3 Å². The molecule has 1 fully saturated rings. The van der Waals surface area contributed by atoms with Crippen molar-refractivity contribution in [2.24, 2.45) is 5.73 Å². The molecule has 1 aliphatic carbocycles. The van der Waals surface area contributed by atoms with Crippen LogP contribution in [0.25, 0.3) is 0 Å². The SMILES string of the molecule is CCC(N)C(O)(c1ccc(C2CCC2)cc1)C(F)(F)F. The number of hydrogen-bond acceptors (Lipinski definition) is 2. The molecular weight excluding hydrogens is 267 g/mol. The van der Waals surface area contributed by atoms with Gasteiger partial charge in [-0.15, -0.1) is 0 Å². The molecule has 2 nitrogen and oxygen atoms in total. The van der Waals surface area contributed by atoms with Crippen molar-refractivity contribution in [2.75, 3.05) is 0 Å². The third-order valence-corrected chi connectivity index (χ3v) is 4.34. The van der Waals surface area contributed by atoms with Crippen LogP contribution in [0.15, 0.2) is 24.3 Å². The topological polar surface area (TPSA) is 46.2 Å². The quantitative estimate of drug-likeness (QED) is 0.891. The standard InChI is InChI=1S/C15H20F3NO/c1-2-13(19)14(20,15(16,17)18)12-8-6-11(7-9-12)10-4-3-5-10/h6-10,13,20H,2-5,19H2,1H3. The molecule has 1 aromatic carbocycles. The van der Waals surface area contributed by atoms with E-state index in [0.717, 1.165) is 18.4 Å². The minimum atomic E-state index is -4.79. The van der Waals surface area contributed by atoms with Crippen LogP contribution in [0.5, 0.6) is 0 Å². The molecule has 112 valence electrons. The van der Waals surface area contributed by atoms with E-state index in [2.05, 4.69) is 0 Å². The van der Waals surface area contributed by atoms with E-state index in [-0.39, 0.29) is 12.0 Å². The van der Waals surface area contributed by atoms with Gasteiger partial charge in [0, 0.05) is 6.04 Å². The molecule has 1 aliphatic rings. The highest BCUT2D eigenvalue weighted by atomic mass is 19.4. The van der Waals surface area contributed by atoms with Crippen molar-refractivity contribution in [3.63, 3.8) is 0 Å². The number of nitrogens with two attached hydrogens (primary N) is 1. The van der Waals surface area contributed by atoms with Crippen molar-refractivity contribution < 1.29 is 18.3 Å². The highest BCUT2D eigenvalue weighted by Crippen LogP contribution is 2.43. The van der Waals surface area contributed by atoms with Crippen molar-refractivity contribution in [2.45, 2.75) is 56.3 Å². The maximum atomic E-state index is 13.2. The maximum absolute atomic E-state index is 13.2. The predicted octanol–water partition coefficient (Wildman–Crippen LogP) is 3.44. The molecule has 1 saturated carbocycles. The van der Waals surface area contributed by atoms with Gasteiger partial charge in [-0.3, -0.25) is 0 Å². The molecule has 0 heterocycles. The Bertz CT molecular complexity index is 453. The van der Waals surface area contributed by atoms with E-state index in [1.54, 1.807) is 12.1 Å². The highest BCUT2D eigenvalue weighted by molar-refractivity contribution is 5.32. The molecule has 0 aromatic heterocycles. The fourth-order valence-electron chi connectivity index (χ4n) is 2.63. The Morgan fingerprint density at radius 2 is 1.80 bits per heavy atom. The smallest absolute Gasteiger partial charge is 0.375 e. The molecule has 20 heavy (non-hydrogen) atoms. The van der Waals surface area contributed by atoms with Gasteiger partial charge in [0.1, 0.15) is 0 Å². The Labute approximate surface area is 116 Å². The van der Waals surface area contributed by atoms with Crippen LogP contribution in [0.1, 0.15) is 49.7 Å². The Balaban J connectivity index is 2.34. The Kier molecular flexibility index (Phi) is 4.12. The third kappa shape index (κ3) is 2.44. The molecule has 3 N–H and O–H groups in total. The molecule has 0 amide bonds. The number of rotatable bonds is 4. The van der Waals surface area contributed by atoms with E-state index in [1.165, 1.54) is 25.5 Å². The van der Waals surface area contributed by atoms with E-state index in [0.29, 0.717) is 5.92 Å². The first-order valence-corrected chi connectivity index (χ1v) is 6.95. The second kappa shape index (κ2) is 5.37. The summed E-state index contributed by atoms with van der Waals surface area (Å²) in [5.74, 6) is 0.447. The van der Waals surface area contributed by atoms with Gasteiger partial charge in [0.25, 0.3) is 0 Å². The van der Waals surface area contributed by atoms with Crippen LogP contribution in [-0.2, 0) is 5.60 Å². The number of hydrogen-bond donors (Lipinski definition) is 2. The van der Waals surface area contributed by atoms with Gasteiger partial charge in [-0.05, 0) is 36.3 Å². The zero-order chi connectivity index (χ0) is 15.0. The fourth-order valence-corrected chi connectivity index (χ4v) is 2.63. The fraction of sp³-hybridized carbons (Fsp3) is 0.600. The predicted molar refractivity (Wildman–Crippen MR) is 71.3 cm³/mol. The lowest BCUT2D eigenvalue weighted by Crippen LogP contribution is -2.55. The highest BCUT2D eigenvalue weighted by Gasteiger charge is 2.58. The first kappa shape index (κ1) is 15.3. The summed E-state index contributed by atoms with van der Waals surface area (Å²) >= 11 is 0. The molecule has 2 unspecified atom stereocenters. The van der Waals surface area contributed by atoms with E-state index < -0.39 is 17.8 Å². The minimum Gasteiger partial charge on any atom is -0.375 e. The summed E-state index contributed by atoms with van der Waals surface area (Å²) in [6, 6.07) is 4.70. The van der Waals surface area contributed by atoms with E-state index in [1.807, 2.05) is 0 Å². The Morgan fingerprint density at radius 3 is 2.15 bits per heavy atom. The summed E-state index contributed by atoms with van der Waals surface area (Å²) in [7, 11) is 0. The van der Waals surface area contributed by atoms with Crippen molar-refractivity contribution >= 4 is 0 Å². The van der Waals surface area contributed by atoms with Crippen molar-refractivity contribution in [1.29, 1.82) is 0 Å². The summed E-state index contributed by atoms with van der Waals surface area (Å²) in [6.07, 6.45) is -1.42. The first-order chi connectivity index (χ1) is 9.30. The number of halogens is 3. The van der Waals surface area contributed by atoms with E-state index >= 15 is 0 Å². The molecule has 0 aliphatic heterocycles. The van der Waals surface area contributed by atoms with Crippen LogP contribution in [0.3, 0.4) is 0 Å². The average Bonchev–Trinajstić information content (AvgIpc) is 2.34. The van der Waals surface area contributed by atoms with Gasteiger partial charge in [-0.1, -0.05) is 37.6 Å². The second-order valence-corrected chi connectivity index (χ2v) is 5.53. The Morgan fingerprint density at radius 1 is 1.25 bits per heavy atom. The van der Waals surface area contributed by atoms with Gasteiger partial charge >= 0.3 is 6.18 Å². The largest absolute Gasteiger partial charge is 0.422 e. The van der Waals surface area contributed by atoms with Gasteiger partial charge in [0.2, 0.25) is 5.60 Å². The molecule has 2 atom stereocenters. The molecule has 0 saturated heterocycles. The molecule has 0 radical (unpaired) electrons. The summed E-state index contributed by atoms with van der Waals surface area (Å²) in [6.45, 7) is 1.53. The van der Waals surface area contributed by atoms with Crippen LogP contribution in [0, 0.1) is 0 Å². The molecule has 0 bridgehead atoms. The molecule has 5 heteroatoms. The van der Waals surface area contributed by atoms with E-state index in [4.69, 9.17) is 5.73 Å². The van der Waals surface area contributed by atoms with Gasteiger partial charge in [0.15, 0.2) is 0 Å². The summed E-state index contributed by atoms with van der Waals surface area (Å²) < 4.78 is 39.7. The zero-order valence-electron chi connectivity index (χ0n) is 11.5. The van der Waals surface area contributed by atoms with Crippen molar-refractivity contribution in [1.82, 2.24) is 0 Å². The zero-order valence-corrected chi connectivity index (χ0v) is 11.5. The van der Waals surface area contributed by atoms with Crippen LogP contribution >= 0.6 is 0 Å². The Hall–Kier alpha value is -1.07. The van der Waals surface area contributed by atoms with Crippen LogP contribution < -0.4 is 5.73 Å². The number of aliphatic hydroxyl groups is 1. The average molecular weight is 287 g/mol. The first-order valence-electron chi connectivity index (χ1n) is 6.95. The molecular formula is C15H20F3NO. The summed E-state index contributed by atoms with van der Waals surface area (Å²) in [4.78, 5) is 0.